The molecule has 0 saturated carbocycles. The number of hydrogen-bond acceptors (Lipinski definition) is 3. The molecule has 0 aromatic carbocycles. The van der Waals surface area contributed by atoms with Crippen LogP contribution in [0.1, 0.15) is 108 Å². The van der Waals surface area contributed by atoms with Gasteiger partial charge in [0.15, 0.2) is 5.76 Å². The number of allylic oxidation sites excluding steroid dienone is 2. The van der Waals surface area contributed by atoms with Gasteiger partial charge in [-0.25, -0.2) is 4.98 Å². The van der Waals surface area contributed by atoms with E-state index in [1.54, 1.807) is 6.20 Å². The number of aryl methyl sites for hydroxylation is 1. The summed E-state index contributed by atoms with van der Waals surface area (Å²) >= 11 is 0. The maximum atomic E-state index is 12.3. The number of ketones is 1. The van der Waals surface area contributed by atoms with Gasteiger partial charge < -0.3 is 8.98 Å². The normalized spacial score (nSPS) is 11.5. The lowest BCUT2D eigenvalue weighted by atomic mass is 10.1. The molecule has 0 fully saturated rings. The fourth-order valence-electron chi connectivity index (χ4n) is 3.70. The first-order valence-corrected chi connectivity index (χ1v) is 12.0. The van der Waals surface area contributed by atoms with Gasteiger partial charge in [0.2, 0.25) is 5.78 Å². The van der Waals surface area contributed by atoms with Crippen molar-refractivity contribution in [3.63, 3.8) is 0 Å². The second-order valence-corrected chi connectivity index (χ2v) is 8.29. The Morgan fingerprint density at radius 3 is 2.23 bits per heavy atom. The molecule has 2 heterocycles. The molecule has 4 nitrogen and oxygen atoms in total. The van der Waals surface area contributed by atoms with Gasteiger partial charge in [-0.05, 0) is 44.2 Å². The molecule has 0 aliphatic carbocycles. The fourth-order valence-corrected chi connectivity index (χ4v) is 3.70. The molecule has 0 atom stereocenters. The summed E-state index contributed by atoms with van der Waals surface area (Å²) < 4.78 is 7.61. The number of carbonyl (C=O) groups is 1. The highest BCUT2D eigenvalue weighted by Crippen LogP contribution is 2.21. The predicted octanol–water partition coefficient (Wildman–Crippen LogP) is 7.90. The summed E-state index contributed by atoms with van der Waals surface area (Å²) in [5.41, 5.74) is 0.933. The first kappa shape index (κ1) is 24.2. The van der Waals surface area contributed by atoms with Gasteiger partial charge in [-0.1, -0.05) is 70.4 Å². The zero-order valence-electron chi connectivity index (χ0n) is 19.1. The van der Waals surface area contributed by atoms with E-state index in [0.29, 0.717) is 12.2 Å². The van der Waals surface area contributed by atoms with Gasteiger partial charge in [-0.2, -0.15) is 0 Å². The van der Waals surface area contributed by atoms with Gasteiger partial charge in [-0.15, -0.1) is 0 Å². The van der Waals surface area contributed by atoms with Crippen molar-refractivity contribution in [3.05, 3.63) is 42.6 Å². The Morgan fingerprint density at radius 1 is 0.967 bits per heavy atom. The van der Waals surface area contributed by atoms with Crippen LogP contribution >= 0.6 is 0 Å². The molecule has 0 spiro atoms. The van der Waals surface area contributed by atoms with E-state index in [1.165, 1.54) is 70.6 Å². The summed E-state index contributed by atoms with van der Waals surface area (Å²) in [6.07, 6.45) is 25.2. The molecule has 0 radical (unpaired) electrons. The van der Waals surface area contributed by atoms with Gasteiger partial charge in [0.25, 0.3) is 5.89 Å². The second kappa shape index (κ2) is 14.8. The fraction of sp³-hybridized carbons (Fsp3) is 0.615. The molecule has 2 rings (SSSR count). The monoisotopic (exact) mass is 412 g/mol. The van der Waals surface area contributed by atoms with E-state index < -0.39 is 0 Å². The molecule has 166 valence electrons. The highest BCUT2D eigenvalue weighted by Gasteiger charge is 2.14. The van der Waals surface area contributed by atoms with Crippen molar-refractivity contribution in [3.8, 4) is 11.5 Å². The predicted molar refractivity (Wildman–Crippen MR) is 125 cm³/mol. The Labute approximate surface area is 182 Å². The number of Topliss-reactive ketones (excluding diaryl/α,β-unsaturated/α-hetero) is 1. The standard InChI is InChI=1S/C26H40N2O2/c1-3-4-5-6-7-8-9-10-11-12-13-14-15-16-17-20-24(29)26-27-22-25(30-26)23-19-18-21-28(23)2/h10-11,18-19,21-22H,3-9,12-17,20H2,1-2H3/b11-10-. The van der Waals surface area contributed by atoms with Crippen molar-refractivity contribution in [1.29, 1.82) is 0 Å². The molecule has 30 heavy (non-hydrogen) atoms. The van der Waals surface area contributed by atoms with Crippen LogP contribution in [0.4, 0.5) is 0 Å². The van der Waals surface area contributed by atoms with Gasteiger partial charge in [0.1, 0.15) is 0 Å². The van der Waals surface area contributed by atoms with E-state index in [4.69, 9.17) is 4.42 Å². The van der Waals surface area contributed by atoms with Crippen LogP contribution in [-0.4, -0.2) is 15.3 Å². The number of oxazole rings is 1. The summed E-state index contributed by atoms with van der Waals surface area (Å²) in [7, 11) is 1.95. The highest BCUT2D eigenvalue weighted by atomic mass is 16.4. The second-order valence-electron chi connectivity index (χ2n) is 8.29. The van der Waals surface area contributed by atoms with Crippen LogP contribution in [0.25, 0.3) is 11.5 Å². The molecule has 0 N–H and O–H groups in total. The molecule has 2 aromatic heterocycles. The summed E-state index contributed by atoms with van der Waals surface area (Å²) in [4.78, 5) is 16.4. The van der Waals surface area contributed by atoms with Crippen LogP contribution in [0, 0.1) is 0 Å². The first-order chi connectivity index (χ1) is 14.7. The third kappa shape index (κ3) is 9.15. The molecule has 0 aliphatic heterocycles. The maximum Gasteiger partial charge on any atom is 0.263 e. The minimum atomic E-state index is 0.00749. The number of hydrogen-bond donors (Lipinski definition) is 0. The molecular formula is C26H40N2O2. The van der Waals surface area contributed by atoms with E-state index in [0.717, 1.165) is 18.5 Å². The van der Waals surface area contributed by atoms with Gasteiger partial charge in [0.05, 0.1) is 11.9 Å². The van der Waals surface area contributed by atoms with E-state index in [1.807, 2.05) is 29.9 Å². The van der Waals surface area contributed by atoms with Crippen LogP contribution < -0.4 is 0 Å². The lowest BCUT2D eigenvalue weighted by molar-refractivity contribution is 0.0946. The average Bonchev–Trinajstić information content (AvgIpc) is 3.39. The molecule has 0 bridgehead atoms. The summed E-state index contributed by atoms with van der Waals surface area (Å²) in [5.74, 6) is 0.894. The van der Waals surface area contributed by atoms with E-state index in [-0.39, 0.29) is 11.7 Å². The minimum Gasteiger partial charge on any atom is -0.432 e. The van der Waals surface area contributed by atoms with Crippen molar-refractivity contribution < 1.29 is 9.21 Å². The molecule has 0 unspecified atom stereocenters. The van der Waals surface area contributed by atoms with Crippen LogP contribution in [0.3, 0.4) is 0 Å². The molecule has 2 aromatic rings. The van der Waals surface area contributed by atoms with Gasteiger partial charge in [0, 0.05) is 19.7 Å². The summed E-state index contributed by atoms with van der Waals surface area (Å²) in [6, 6.07) is 3.91. The SMILES string of the molecule is CCCCCCCC/C=C\CCCCCCCC(=O)c1ncc(-c2cccn2C)o1. The van der Waals surface area contributed by atoms with E-state index in [9.17, 15) is 4.79 Å². The van der Waals surface area contributed by atoms with Crippen LogP contribution in [0.5, 0.6) is 0 Å². The highest BCUT2D eigenvalue weighted by molar-refractivity contribution is 5.91. The van der Waals surface area contributed by atoms with Crippen molar-refractivity contribution in [2.24, 2.45) is 7.05 Å². The smallest absolute Gasteiger partial charge is 0.263 e. The quantitative estimate of drug-likeness (QED) is 0.151. The molecular weight excluding hydrogens is 372 g/mol. The van der Waals surface area contributed by atoms with Crippen LogP contribution in [0.15, 0.2) is 41.1 Å². The first-order valence-electron chi connectivity index (χ1n) is 12.0. The summed E-state index contributed by atoms with van der Waals surface area (Å²) in [6.45, 7) is 2.27. The Bertz CT molecular complexity index is 742. The van der Waals surface area contributed by atoms with Crippen molar-refractivity contribution in [1.82, 2.24) is 9.55 Å². The topological polar surface area (TPSA) is 48.0 Å². The van der Waals surface area contributed by atoms with Crippen LogP contribution in [-0.2, 0) is 7.05 Å². The molecule has 0 saturated heterocycles. The number of aromatic nitrogens is 2. The Kier molecular flexibility index (Phi) is 11.9. The lowest BCUT2D eigenvalue weighted by Crippen LogP contribution is -1.99. The lowest BCUT2D eigenvalue weighted by Gasteiger charge is -2.00. The Morgan fingerprint density at radius 2 is 1.60 bits per heavy atom. The number of carbonyl (C=O) groups excluding carboxylic acids is 1. The molecule has 0 amide bonds. The zero-order chi connectivity index (χ0) is 21.4. The average molecular weight is 413 g/mol. The zero-order valence-corrected chi connectivity index (χ0v) is 19.1. The Hall–Kier alpha value is -2.10. The van der Waals surface area contributed by atoms with Crippen LogP contribution in [0.2, 0.25) is 0 Å². The number of nitrogens with zero attached hydrogens (tertiary/aromatic N) is 2. The minimum absolute atomic E-state index is 0.00749. The maximum absolute atomic E-state index is 12.3. The molecule has 4 heteroatoms. The van der Waals surface area contributed by atoms with Gasteiger partial charge >= 0.3 is 0 Å². The molecule has 0 aliphatic rings. The third-order valence-corrected chi connectivity index (χ3v) is 5.61. The Balaban J connectivity index is 1.45. The van der Waals surface area contributed by atoms with Crippen molar-refractivity contribution >= 4 is 5.78 Å². The van der Waals surface area contributed by atoms with Gasteiger partial charge in [-0.3, -0.25) is 4.79 Å². The van der Waals surface area contributed by atoms with Crippen molar-refractivity contribution in [2.75, 3.05) is 0 Å². The number of unbranched alkanes of at least 4 members (excludes halogenated alkanes) is 11. The van der Waals surface area contributed by atoms with Crippen molar-refractivity contribution in [2.45, 2.75) is 96.8 Å². The number of rotatable bonds is 17. The summed E-state index contributed by atoms with van der Waals surface area (Å²) in [5, 5.41) is 0. The largest absolute Gasteiger partial charge is 0.432 e. The third-order valence-electron chi connectivity index (χ3n) is 5.61. The van der Waals surface area contributed by atoms with E-state index >= 15 is 0 Å². The van der Waals surface area contributed by atoms with E-state index in [2.05, 4.69) is 24.1 Å².